The zero-order valence-electron chi connectivity index (χ0n) is 14.7. The van der Waals surface area contributed by atoms with Gasteiger partial charge in [0.25, 0.3) is 5.91 Å². The van der Waals surface area contributed by atoms with Crippen LogP contribution >= 0.6 is 0 Å². The second kappa shape index (κ2) is 10.0. The van der Waals surface area contributed by atoms with Gasteiger partial charge in [0.2, 0.25) is 5.91 Å². The molecule has 0 fully saturated rings. The molecule has 1 heterocycles. The van der Waals surface area contributed by atoms with Crippen LogP contribution in [0, 0.1) is 0 Å². The molecule has 2 rings (SSSR count). The van der Waals surface area contributed by atoms with Crippen LogP contribution in [0.4, 0.5) is 4.79 Å². The fourth-order valence-electron chi connectivity index (χ4n) is 2.29. The third-order valence-electron chi connectivity index (χ3n) is 3.67. The van der Waals surface area contributed by atoms with Crippen LogP contribution in [0.2, 0.25) is 0 Å². The summed E-state index contributed by atoms with van der Waals surface area (Å²) in [5, 5.41) is 2.60. The van der Waals surface area contributed by atoms with Gasteiger partial charge in [-0.3, -0.25) is 30.9 Å². The molecule has 9 heteroatoms. The van der Waals surface area contributed by atoms with Crippen LogP contribution in [0.3, 0.4) is 0 Å². The predicted molar refractivity (Wildman–Crippen MR) is 96.8 cm³/mol. The molecule has 5 N–H and O–H groups in total. The van der Waals surface area contributed by atoms with Gasteiger partial charge in [0.05, 0.1) is 6.42 Å². The summed E-state index contributed by atoms with van der Waals surface area (Å²) in [7, 11) is 0. The Labute approximate surface area is 152 Å². The summed E-state index contributed by atoms with van der Waals surface area (Å²) in [6, 6.07) is 8.31. The Kier molecular flexibility index (Phi) is 7.41. The van der Waals surface area contributed by atoms with Gasteiger partial charge < -0.3 is 5.32 Å². The Morgan fingerprint density at radius 3 is 2.65 bits per heavy atom. The van der Waals surface area contributed by atoms with Gasteiger partial charge in [0.1, 0.15) is 11.9 Å². The minimum Gasteiger partial charge on any atom is -0.337 e. The number of nitrogens with zero attached hydrogens (tertiary/aromatic N) is 1. The zero-order valence-corrected chi connectivity index (χ0v) is 14.7. The number of hydrazine groups is 2. The molecule has 1 aromatic rings. The molecule has 1 aliphatic rings. The predicted octanol–water partition coefficient (Wildman–Crippen LogP) is 0.151. The Hall–Kier alpha value is -3.10. The van der Waals surface area contributed by atoms with Gasteiger partial charge in [-0.05, 0) is 12.0 Å². The second-order valence-corrected chi connectivity index (χ2v) is 5.85. The van der Waals surface area contributed by atoms with E-state index in [-0.39, 0.29) is 6.42 Å². The number of unbranched alkanes of at least 4 members (excludes halogenated alkanes) is 1. The molecule has 1 atom stereocenters. The summed E-state index contributed by atoms with van der Waals surface area (Å²) in [5.41, 5.74) is 10.8. The van der Waals surface area contributed by atoms with Crippen molar-refractivity contribution >= 4 is 23.7 Å². The zero-order chi connectivity index (χ0) is 18.8. The van der Waals surface area contributed by atoms with Crippen LogP contribution in [0.15, 0.2) is 35.3 Å². The lowest BCUT2D eigenvalue weighted by Gasteiger charge is -2.22. The third kappa shape index (κ3) is 6.42. The van der Waals surface area contributed by atoms with Crippen LogP contribution in [0.25, 0.3) is 0 Å². The van der Waals surface area contributed by atoms with Crippen molar-refractivity contribution in [1.29, 1.82) is 0 Å². The summed E-state index contributed by atoms with van der Waals surface area (Å²) in [6.07, 6.45) is 2.16. The number of carbonyl (C=O) groups is 3. The molecule has 0 spiro atoms. The average molecular weight is 360 g/mol. The normalized spacial score (nSPS) is 16.0. The maximum Gasteiger partial charge on any atom is 0.333 e. The number of amidine groups is 1. The van der Waals surface area contributed by atoms with Crippen LogP contribution in [-0.4, -0.2) is 36.3 Å². The summed E-state index contributed by atoms with van der Waals surface area (Å²) < 4.78 is 0. The monoisotopic (exact) mass is 360 g/mol. The molecule has 26 heavy (non-hydrogen) atoms. The fraction of sp³-hybridized carbons (Fsp3) is 0.412. The third-order valence-corrected chi connectivity index (χ3v) is 3.67. The van der Waals surface area contributed by atoms with E-state index in [4.69, 9.17) is 0 Å². The molecule has 1 aromatic carbocycles. The molecule has 0 unspecified atom stereocenters. The fourth-order valence-corrected chi connectivity index (χ4v) is 2.29. The van der Waals surface area contributed by atoms with Gasteiger partial charge in [-0.25, -0.2) is 10.2 Å². The first kappa shape index (κ1) is 19.2. The highest BCUT2D eigenvalue weighted by Gasteiger charge is 2.25. The number of urea groups is 1. The van der Waals surface area contributed by atoms with Crippen LogP contribution in [0.1, 0.15) is 31.7 Å². The van der Waals surface area contributed by atoms with E-state index < -0.39 is 23.9 Å². The molecule has 0 aliphatic carbocycles. The molecule has 0 aromatic heterocycles. The maximum atomic E-state index is 11.9. The lowest BCUT2D eigenvalue weighted by molar-refractivity contribution is -0.128. The van der Waals surface area contributed by atoms with Gasteiger partial charge in [-0.1, -0.05) is 43.7 Å². The van der Waals surface area contributed by atoms with E-state index in [1.807, 2.05) is 37.3 Å². The Morgan fingerprint density at radius 2 is 1.92 bits per heavy atom. The first-order valence-electron chi connectivity index (χ1n) is 8.57. The number of aliphatic imine (C=N–C) groups is 1. The van der Waals surface area contributed by atoms with Gasteiger partial charge in [0.15, 0.2) is 0 Å². The number of benzene rings is 1. The highest BCUT2D eigenvalue weighted by Crippen LogP contribution is 2.06. The second-order valence-electron chi connectivity index (χ2n) is 5.85. The van der Waals surface area contributed by atoms with Crippen molar-refractivity contribution in [3.05, 3.63) is 35.9 Å². The topological polar surface area (TPSA) is 124 Å². The summed E-state index contributed by atoms with van der Waals surface area (Å²) in [4.78, 5) is 39.6. The molecule has 1 aliphatic heterocycles. The van der Waals surface area contributed by atoms with E-state index >= 15 is 0 Å². The van der Waals surface area contributed by atoms with Crippen molar-refractivity contribution in [2.75, 3.05) is 6.54 Å². The van der Waals surface area contributed by atoms with Gasteiger partial charge in [-0.2, -0.15) is 0 Å². The first-order chi connectivity index (χ1) is 12.6. The van der Waals surface area contributed by atoms with E-state index in [9.17, 15) is 14.4 Å². The number of hydrogen-bond donors (Lipinski definition) is 5. The molecule has 0 saturated heterocycles. The van der Waals surface area contributed by atoms with Crippen molar-refractivity contribution < 1.29 is 14.4 Å². The SMILES string of the molecule is CCCCNC(=O)NNC(=O)C[C@@H]1N=C(Cc2ccccc2)NNC1=O. The largest absolute Gasteiger partial charge is 0.337 e. The van der Waals surface area contributed by atoms with Crippen molar-refractivity contribution in [3.63, 3.8) is 0 Å². The Morgan fingerprint density at radius 1 is 1.15 bits per heavy atom. The van der Waals surface area contributed by atoms with Crippen LogP contribution < -0.4 is 27.0 Å². The number of rotatable bonds is 7. The maximum absolute atomic E-state index is 11.9. The molecule has 0 radical (unpaired) electrons. The lowest BCUT2D eigenvalue weighted by Crippen LogP contribution is -2.54. The average Bonchev–Trinajstić information content (AvgIpc) is 2.64. The number of hydrogen-bond acceptors (Lipinski definition) is 5. The minimum atomic E-state index is -0.847. The molecule has 140 valence electrons. The Balaban J connectivity index is 1.82. The van der Waals surface area contributed by atoms with E-state index in [1.165, 1.54) is 0 Å². The highest BCUT2D eigenvalue weighted by atomic mass is 16.2. The molecule has 4 amide bonds. The standard InChI is InChI=1S/C17H24N6O3/c1-2-3-9-18-17(26)23-21-15(24)11-13-16(25)22-20-14(19-13)10-12-7-5-4-6-8-12/h4-8,13H,2-3,9-11H2,1H3,(H,19,20)(H,21,24)(H,22,25)(H2,18,23,26)/t13-/m0/s1. The quantitative estimate of drug-likeness (QED) is 0.351. The van der Waals surface area contributed by atoms with Crippen molar-refractivity contribution in [2.24, 2.45) is 4.99 Å². The first-order valence-corrected chi connectivity index (χ1v) is 8.57. The molecular weight excluding hydrogens is 336 g/mol. The summed E-state index contributed by atoms with van der Waals surface area (Å²) >= 11 is 0. The van der Waals surface area contributed by atoms with Crippen LogP contribution in [-0.2, 0) is 16.0 Å². The van der Waals surface area contributed by atoms with Gasteiger partial charge in [0, 0.05) is 13.0 Å². The molecule has 0 saturated carbocycles. The number of carbonyl (C=O) groups excluding carboxylic acids is 3. The van der Waals surface area contributed by atoms with Crippen LogP contribution in [0.5, 0.6) is 0 Å². The van der Waals surface area contributed by atoms with Crippen molar-refractivity contribution in [2.45, 2.75) is 38.6 Å². The Bertz CT molecular complexity index is 662. The summed E-state index contributed by atoms with van der Waals surface area (Å²) in [5.74, 6) is -0.330. The summed E-state index contributed by atoms with van der Waals surface area (Å²) in [6.45, 7) is 2.54. The number of nitrogens with one attached hydrogen (secondary N) is 5. The number of amides is 4. The smallest absolute Gasteiger partial charge is 0.333 e. The highest BCUT2D eigenvalue weighted by molar-refractivity contribution is 5.96. The van der Waals surface area contributed by atoms with Gasteiger partial charge >= 0.3 is 6.03 Å². The van der Waals surface area contributed by atoms with Crippen molar-refractivity contribution in [1.82, 2.24) is 27.0 Å². The van der Waals surface area contributed by atoms with E-state index in [0.29, 0.717) is 18.8 Å². The molecular formula is C17H24N6O3. The van der Waals surface area contributed by atoms with E-state index in [2.05, 4.69) is 32.0 Å². The van der Waals surface area contributed by atoms with E-state index in [0.717, 1.165) is 18.4 Å². The molecule has 9 nitrogen and oxygen atoms in total. The lowest BCUT2D eigenvalue weighted by atomic mass is 10.1. The molecule has 0 bridgehead atoms. The minimum absolute atomic E-state index is 0.166. The van der Waals surface area contributed by atoms with E-state index in [1.54, 1.807) is 0 Å². The van der Waals surface area contributed by atoms with Gasteiger partial charge in [-0.15, -0.1) is 0 Å². The van der Waals surface area contributed by atoms with Crippen molar-refractivity contribution in [3.8, 4) is 0 Å².